The first-order valence-electron chi connectivity index (χ1n) is 13.5. The molecule has 3 rings (SSSR count). The van der Waals surface area contributed by atoms with Crippen molar-refractivity contribution in [2.24, 2.45) is 28.4 Å². The number of rotatable bonds is 8. The van der Waals surface area contributed by atoms with Crippen molar-refractivity contribution in [3.05, 3.63) is 0 Å². The zero-order valence-corrected chi connectivity index (χ0v) is 24.8. The van der Waals surface area contributed by atoms with E-state index < -0.39 is 52.0 Å². The molecule has 3 aliphatic rings. The second kappa shape index (κ2) is 10.7. The molecule has 38 heavy (non-hydrogen) atoms. The van der Waals surface area contributed by atoms with Crippen LogP contribution in [0.5, 0.6) is 0 Å². The van der Waals surface area contributed by atoms with Gasteiger partial charge in [0.25, 0.3) is 11.7 Å². The molecule has 0 bridgehead atoms. The van der Waals surface area contributed by atoms with Crippen LogP contribution < -0.4 is 21.7 Å². The van der Waals surface area contributed by atoms with Gasteiger partial charge in [0.1, 0.15) is 17.5 Å². The summed E-state index contributed by atoms with van der Waals surface area (Å²) < 4.78 is 0. The predicted octanol–water partition coefficient (Wildman–Crippen LogP) is 2.15. The van der Waals surface area contributed by atoms with Crippen molar-refractivity contribution in [3.63, 3.8) is 0 Å². The predicted molar refractivity (Wildman–Crippen MR) is 147 cm³/mol. The van der Waals surface area contributed by atoms with Gasteiger partial charge in [0, 0.05) is 17.3 Å². The topological polar surface area (TPSA) is 151 Å². The molecule has 214 valence electrons. The van der Waals surface area contributed by atoms with E-state index in [4.69, 9.17) is 5.73 Å². The molecule has 1 aliphatic heterocycles. The third-order valence-electron chi connectivity index (χ3n) is 7.98. The molecule has 1 saturated heterocycles. The number of nitrogens with two attached hydrogens (primary N) is 1. The van der Waals surface area contributed by atoms with Crippen molar-refractivity contribution in [2.75, 3.05) is 6.54 Å². The first-order chi connectivity index (χ1) is 17.3. The van der Waals surface area contributed by atoms with E-state index in [2.05, 4.69) is 29.8 Å². The zero-order chi connectivity index (χ0) is 28.8. The van der Waals surface area contributed by atoms with Crippen LogP contribution in [0.25, 0.3) is 0 Å². The van der Waals surface area contributed by atoms with Crippen molar-refractivity contribution in [3.8, 4) is 0 Å². The van der Waals surface area contributed by atoms with Crippen LogP contribution in [0.3, 0.4) is 0 Å². The van der Waals surface area contributed by atoms with Gasteiger partial charge < -0.3 is 26.6 Å². The molecule has 1 heterocycles. The van der Waals surface area contributed by atoms with Gasteiger partial charge in [0.15, 0.2) is 0 Å². The summed E-state index contributed by atoms with van der Waals surface area (Å²) in [5.41, 5.74) is 4.12. The minimum atomic E-state index is -1.09. The summed E-state index contributed by atoms with van der Waals surface area (Å²) in [6.07, 6.45) is 3.61. The van der Waals surface area contributed by atoms with Crippen molar-refractivity contribution < 1.29 is 24.0 Å². The second-order valence-corrected chi connectivity index (χ2v) is 15.3. The summed E-state index contributed by atoms with van der Waals surface area (Å²) in [6, 6.07) is -2.14. The van der Waals surface area contributed by atoms with E-state index in [0.29, 0.717) is 6.54 Å². The van der Waals surface area contributed by atoms with Gasteiger partial charge in [-0.25, -0.2) is 4.79 Å². The number of nitrogens with zero attached hydrogens (tertiary/aromatic N) is 1. The average Bonchev–Trinajstić information content (AvgIpc) is 3.05. The first-order valence-corrected chi connectivity index (χ1v) is 14.4. The Hall–Kier alpha value is -2.30. The molecular formula is C27H45N5O5S. The lowest BCUT2D eigenvalue weighted by atomic mass is 9.55. The number of carbonyl (C=O) groups is 5. The largest absolute Gasteiger partial charge is 0.363 e. The van der Waals surface area contributed by atoms with Gasteiger partial charge in [-0.1, -0.05) is 41.0 Å². The third-order valence-corrected chi connectivity index (χ3v) is 9.44. The van der Waals surface area contributed by atoms with Crippen LogP contribution in [0, 0.1) is 22.7 Å². The lowest BCUT2D eigenvalue weighted by Gasteiger charge is -2.48. The number of amides is 5. The smallest absolute Gasteiger partial charge is 0.315 e. The number of thioether (sulfide) groups is 1. The van der Waals surface area contributed by atoms with Crippen molar-refractivity contribution in [1.29, 1.82) is 0 Å². The molecule has 10 nitrogen and oxygen atoms in total. The SMILES string of the molecule is CC(C)(C)NC(=O)NC(C(=O)N1CC2C(CC2(C)C)C1C(=O)NC(SC1CCC1)C(=O)C(N)=O)C(C)(C)C. The fraction of sp³-hybridized carbons (Fsp3) is 0.815. The van der Waals surface area contributed by atoms with Crippen molar-refractivity contribution >= 4 is 41.3 Å². The molecule has 0 spiro atoms. The summed E-state index contributed by atoms with van der Waals surface area (Å²) in [5.74, 6) is -2.70. The Kier molecular flexibility index (Phi) is 8.51. The standard InChI is InChI=1S/C27H45N5O5S/c1-25(2,3)19(29-24(37)31-26(4,5)6)23(36)32-13-16-15(12-27(16,7)8)17(32)21(35)30-22(18(33)20(28)34)38-14-10-9-11-14/h14-17,19,22H,9-13H2,1-8H3,(H2,28,34)(H,30,35)(H2,29,31,37). The number of urea groups is 1. The lowest BCUT2D eigenvalue weighted by Crippen LogP contribution is -2.61. The highest BCUT2D eigenvalue weighted by atomic mass is 32.2. The molecule has 0 aromatic rings. The van der Waals surface area contributed by atoms with E-state index in [1.165, 1.54) is 11.8 Å². The van der Waals surface area contributed by atoms with Crippen molar-refractivity contribution in [1.82, 2.24) is 20.9 Å². The van der Waals surface area contributed by atoms with E-state index in [-0.39, 0.29) is 28.4 Å². The molecule has 5 atom stereocenters. The highest BCUT2D eigenvalue weighted by molar-refractivity contribution is 8.01. The highest BCUT2D eigenvalue weighted by Crippen LogP contribution is 2.57. The number of hydrogen-bond donors (Lipinski definition) is 4. The number of ketones is 1. The Balaban J connectivity index is 1.86. The number of fused-ring (bicyclic) bond motifs is 1. The molecule has 5 amide bonds. The maximum atomic E-state index is 14.1. The molecule has 2 saturated carbocycles. The van der Waals surface area contributed by atoms with E-state index >= 15 is 0 Å². The summed E-state index contributed by atoms with van der Waals surface area (Å²) >= 11 is 1.26. The maximum absolute atomic E-state index is 14.1. The molecule has 2 aliphatic carbocycles. The fourth-order valence-electron chi connectivity index (χ4n) is 5.68. The Morgan fingerprint density at radius 2 is 1.61 bits per heavy atom. The van der Waals surface area contributed by atoms with Crippen LogP contribution in [0.4, 0.5) is 4.79 Å². The third kappa shape index (κ3) is 6.63. The summed E-state index contributed by atoms with van der Waals surface area (Å²) in [5, 5.41) is 7.54. The van der Waals surface area contributed by atoms with Crippen LogP contribution in [0.15, 0.2) is 0 Å². The highest BCUT2D eigenvalue weighted by Gasteiger charge is 2.61. The quantitative estimate of drug-likeness (QED) is 0.268. The molecule has 3 fully saturated rings. The summed E-state index contributed by atoms with van der Waals surface area (Å²) in [7, 11) is 0. The van der Waals surface area contributed by atoms with Gasteiger partial charge in [0.05, 0.1) is 0 Å². The molecule has 5 unspecified atom stereocenters. The van der Waals surface area contributed by atoms with Crippen LogP contribution in [0.2, 0.25) is 0 Å². The molecule has 11 heteroatoms. The minimum absolute atomic E-state index is 0.0460. The monoisotopic (exact) mass is 551 g/mol. The van der Waals surface area contributed by atoms with Gasteiger partial charge in [0.2, 0.25) is 11.8 Å². The van der Waals surface area contributed by atoms with E-state index in [0.717, 1.165) is 25.7 Å². The van der Waals surface area contributed by atoms with Crippen molar-refractivity contribution in [2.45, 2.75) is 109 Å². The Bertz CT molecular complexity index is 981. The van der Waals surface area contributed by atoms with Crippen LogP contribution in [-0.2, 0) is 19.2 Å². The van der Waals surface area contributed by atoms with Gasteiger partial charge >= 0.3 is 6.03 Å². The summed E-state index contributed by atoms with van der Waals surface area (Å²) in [4.78, 5) is 66.4. The normalized spacial score (nSPS) is 26.2. The van der Waals surface area contributed by atoms with E-state index in [1.807, 2.05) is 41.5 Å². The van der Waals surface area contributed by atoms with Gasteiger partial charge in [-0.15, -0.1) is 11.8 Å². The van der Waals surface area contributed by atoms with E-state index in [9.17, 15) is 24.0 Å². The Labute approximate surface area is 230 Å². The minimum Gasteiger partial charge on any atom is -0.363 e. The molecule has 5 N–H and O–H groups in total. The fourth-order valence-corrected chi connectivity index (χ4v) is 7.10. The maximum Gasteiger partial charge on any atom is 0.315 e. The van der Waals surface area contributed by atoms with Crippen LogP contribution >= 0.6 is 11.8 Å². The number of hydrogen-bond acceptors (Lipinski definition) is 6. The van der Waals surface area contributed by atoms with Crippen LogP contribution in [-0.4, -0.2) is 69.2 Å². The van der Waals surface area contributed by atoms with E-state index in [1.54, 1.807) is 4.90 Å². The van der Waals surface area contributed by atoms with Gasteiger partial charge in [-0.2, -0.15) is 0 Å². The summed E-state index contributed by atoms with van der Waals surface area (Å²) in [6.45, 7) is 15.8. The molecule has 0 aromatic heterocycles. The lowest BCUT2D eigenvalue weighted by molar-refractivity contribution is -0.143. The first kappa shape index (κ1) is 30.2. The average molecular weight is 552 g/mol. The number of primary amides is 1. The van der Waals surface area contributed by atoms with Gasteiger partial charge in [-0.05, 0) is 62.7 Å². The number of carbonyl (C=O) groups excluding carboxylic acids is 5. The number of Topliss-reactive ketones (excluding diaryl/α,β-unsaturated/α-hetero) is 1. The number of nitrogens with one attached hydrogen (secondary N) is 3. The number of likely N-dealkylation sites (tertiary alicyclic amines) is 1. The van der Waals surface area contributed by atoms with Gasteiger partial charge in [-0.3, -0.25) is 19.2 Å². The van der Waals surface area contributed by atoms with Crippen LogP contribution in [0.1, 0.15) is 81.1 Å². The Morgan fingerprint density at radius 3 is 2.05 bits per heavy atom. The molecule has 0 radical (unpaired) electrons. The molecule has 0 aromatic carbocycles. The Morgan fingerprint density at radius 1 is 1.00 bits per heavy atom. The zero-order valence-electron chi connectivity index (χ0n) is 24.0. The second-order valence-electron chi connectivity index (χ2n) is 13.9. The molecular weight excluding hydrogens is 506 g/mol.